The number of amides is 1. The molecule has 0 saturated carbocycles. The predicted octanol–water partition coefficient (Wildman–Crippen LogP) is 3.80. The number of benzene rings is 2. The van der Waals surface area contributed by atoms with Crippen LogP contribution in [0.15, 0.2) is 54.6 Å². The highest BCUT2D eigenvalue weighted by Crippen LogP contribution is 2.33. The van der Waals surface area contributed by atoms with Crippen molar-refractivity contribution in [3.63, 3.8) is 0 Å². The van der Waals surface area contributed by atoms with Crippen molar-refractivity contribution in [3.8, 4) is 0 Å². The van der Waals surface area contributed by atoms with Crippen molar-refractivity contribution >= 4 is 11.9 Å². The van der Waals surface area contributed by atoms with Gasteiger partial charge in [0.2, 0.25) is 5.91 Å². The van der Waals surface area contributed by atoms with Crippen LogP contribution in [0.5, 0.6) is 0 Å². The van der Waals surface area contributed by atoms with Gasteiger partial charge in [0.05, 0.1) is 18.0 Å². The highest BCUT2D eigenvalue weighted by Gasteiger charge is 2.32. The summed E-state index contributed by atoms with van der Waals surface area (Å²) in [6.07, 6.45) is -0.365. The number of nitrogens with one attached hydrogen (secondary N) is 1. The molecule has 2 aromatic carbocycles. The predicted molar refractivity (Wildman–Crippen MR) is 91.4 cm³/mol. The summed E-state index contributed by atoms with van der Waals surface area (Å²) in [4.78, 5) is 24.4. The van der Waals surface area contributed by atoms with Crippen molar-refractivity contribution < 1.29 is 14.3 Å². The summed E-state index contributed by atoms with van der Waals surface area (Å²) in [5.41, 5.74) is 2.42. The standard InChI is InChI=1S/C20H21NO3/c1-13(2)19(14-8-4-3-5-9-14)21-18(22)12-17-15-10-6-7-11-16(15)20(23)24-17/h3-11,13,17,19H,12H2,1-2H3,(H,21,22). The maximum absolute atomic E-state index is 12.5. The third kappa shape index (κ3) is 3.32. The molecule has 124 valence electrons. The summed E-state index contributed by atoms with van der Waals surface area (Å²) in [6, 6.07) is 17.1. The number of hydrogen-bond donors (Lipinski definition) is 1. The summed E-state index contributed by atoms with van der Waals surface area (Å²) in [7, 11) is 0. The van der Waals surface area contributed by atoms with E-state index in [4.69, 9.17) is 4.74 Å². The van der Waals surface area contributed by atoms with Gasteiger partial charge in [-0.25, -0.2) is 4.79 Å². The van der Waals surface area contributed by atoms with Gasteiger partial charge in [0, 0.05) is 5.56 Å². The Morgan fingerprint density at radius 1 is 1.08 bits per heavy atom. The smallest absolute Gasteiger partial charge is 0.339 e. The molecule has 0 spiro atoms. The molecule has 1 N–H and O–H groups in total. The zero-order valence-electron chi connectivity index (χ0n) is 13.9. The molecule has 4 heteroatoms. The Balaban J connectivity index is 1.70. The van der Waals surface area contributed by atoms with Crippen LogP contribution in [0.1, 0.15) is 53.9 Å². The molecular weight excluding hydrogens is 302 g/mol. The highest BCUT2D eigenvalue weighted by atomic mass is 16.5. The molecule has 1 aliphatic heterocycles. The van der Waals surface area contributed by atoms with Crippen molar-refractivity contribution in [3.05, 3.63) is 71.3 Å². The van der Waals surface area contributed by atoms with E-state index in [1.165, 1.54) is 0 Å². The van der Waals surface area contributed by atoms with Gasteiger partial charge in [0.15, 0.2) is 0 Å². The van der Waals surface area contributed by atoms with Gasteiger partial charge in [0.1, 0.15) is 6.10 Å². The molecule has 0 saturated heterocycles. The van der Waals surface area contributed by atoms with Crippen molar-refractivity contribution in [2.75, 3.05) is 0 Å². The van der Waals surface area contributed by atoms with Gasteiger partial charge < -0.3 is 10.1 Å². The Kier molecular flexibility index (Phi) is 4.65. The molecule has 0 aromatic heterocycles. The average Bonchev–Trinajstić information content (AvgIpc) is 2.89. The molecule has 0 radical (unpaired) electrons. The van der Waals surface area contributed by atoms with Crippen LogP contribution in [0, 0.1) is 5.92 Å². The zero-order valence-corrected chi connectivity index (χ0v) is 13.9. The Morgan fingerprint density at radius 2 is 1.75 bits per heavy atom. The van der Waals surface area contributed by atoms with E-state index < -0.39 is 6.10 Å². The second-order valence-electron chi connectivity index (χ2n) is 6.39. The lowest BCUT2D eigenvalue weighted by Crippen LogP contribution is -2.32. The number of ether oxygens (including phenoxy) is 1. The topological polar surface area (TPSA) is 55.4 Å². The normalized spacial score (nSPS) is 17.3. The maximum atomic E-state index is 12.5. The Bertz CT molecular complexity index is 740. The first-order valence-corrected chi connectivity index (χ1v) is 8.20. The molecule has 1 aliphatic rings. The van der Waals surface area contributed by atoms with Crippen molar-refractivity contribution in [1.29, 1.82) is 0 Å². The number of carbonyl (C=O) groups excluding carboxylic acids is 2. The van der Waals surface area contributed by atoms with E-state index in [-0.39, 0.29) is 30.3 Å². The number of cyclic esters (lactones) is 1. The molecule has 3 rings (SSSR count). The molecule has 0 aliphatic carbocycles. The third-order valence-corrected chi connectivity index (χ3v) is 4.29. The van der Waals surface area contributed by atoms with Crippen LogP contribution in [-0.2, 0) is 9.53 Å². The first-order valence-electron chi connectivity index (χ1n) is 8.20. The van der Waals surface area contributed by atoms with Crippen LogP contribution in [0.3, 0.4) is 0 Å². The first kappa shape index (κ1) is 16.2. The minimum Gasteiger partial charge on any atom is -0.453 e. The van der Waals surface area contributed by atoms with Crippen LogP contribution in [0.4, 0.5) is 0 Å². The first-order chi connectivity index (χ1) is 11.6. The fourth-order valence-electron chi connectivity index (χ4n) is 3.07. The average molecular weight is 323 g/mol. The Labute approximate surface area is 141 Å². The largest absolute Gasteiger partial charge is 0.453 e. The molecule has 2 atom stereocenters. The lowest BCUT2D eigenvalue weighted by Gasteiger charge is -2.23. The van der Waals surface area contributed by atoms with E-state index in [1.54, 1.807) is 12.1 Å². The molecular formula is C20H21NO3. The van der Waals surface area contributed by atoms with Crippen LogP contribution in [0.2, 0.25) is 0 Å². The van der Waals surface area contributed by atoms with Crippen molar-refractivity contribution in [2.24, 2.45) is 5.92 Å². The van der Waals surface area contributed by atoms with E-state index in [2.05, 4.69) is 19.2 Å². The van der Waals surface area contributed by atoms with Crippen LogP contribution in [0.25, 0.3) is 0 Å². The van der Waals surface area contributed by atoms with E-state index >= 15 is 0 Å². The number of fused-ring (bicyclic) bond motifs is 1. The number of carbonyl (C=O) groups is 2. The van der Waals surface area contributed by atoms with Gasteiger partial charge in [-0.15, -0.1) is 0 Å². The Hall–Kier alpha value is -2.62. The molecule has 24 heavy (non-hydrogen) atoms. The molecule has 1 amide bonds. The lowest BCUT2D eigenvalue weighted by atomic mass is 9.95. The van der Waals surface area contributed by atoms with Gasteiger partial charge in [-0.05, 0) is 17.5 Å². The van der Waals surface area contributed by atoms with E-state index in [0.29, 0.717) is 5.56 Å². The van der Waals surface area contributed by atoms with Crippen molar-refractivity contribution in [1.82, 2.24) is 5.32 Å². The number of rotatable bonds is 5. The SMILES string of the molecule is CC(C)C(NC(=O)CC1OC(=O)c2ccccc21)c1ccccc1. The second-order valence-corrected chi connectivity index (χ2v) is 6.39. The number of hydrogen-bond acceptors (Lipinski definition) is 3. The molecule has 4 nitrogen and oxygen atoms in total. The zero-order chi connectivity index (χ0) is 17.1. The third-order valence-electron chi connectivity index (χ3n) is 4.29. The van der Waals surface area contributed by atoms with Gasteiger partial charge >= 0.3 is 5.97 Å². The summed E-state index contributed by atoms with van der Waals surface area (Å²) >= 11 is 0. The van der Waals surface area contributed by atoms with E-state index in [0.717, 1.165) is 11.1 Å². The minimum atomic E-state index is -0.503. The highest BCUT2D eigenvalue weighted by molar-refractivity contribution is 5.94. The summed E-state index contributed by atoms with van der Waals surface area (Å²) in [6.45, 7) is 4.14. The van der Waals surface area contributed by atoms with Gasteiger partial charge in [-0.3, -0.25) is 4.79 Å². The number of esters is 1. The molecule has 2 aromatic rings. The van der Waals surface area contributed by atoms with E-state index in [1.807, 2.05) is 42.5 Å². The molecule has 0 fully saturated rings. The van der Waals surface area contributed by atoms with Gasteiger partial charge in [-0.1, -0.05) is 62.4 Å². The molecule has 0 bridgehead atoms. The van der Waals surface area contributed by atoms with Crippen LogP contribution in [-0.4, -0.2) is 11.9 Å². The summed E-state index contributed by atoms with van der Waals surface area (Å²) < 4.78 is 5.35. The minimum absolute atomic E-state index is 0.0638. The maximum Gasteiger partial charge on any atom is 0.339 e. The fraction of sp³-hybridized carbons (Fsp3) is 0.300. The van der Waals surface area contributed by atoms with Crippen molar-refractivity contribution in [2.45, 2.75) is 32.4 Å². The quantitative estimate of drug-likeness (QED) is 0.852. The monoisotopic (exact) mass is 323 g/mol. The van der Waals surface area contributed by atoms with Crippen LogP contribution < -0.4 is 5.32 Å². The molecule has 2 unspecified atom stereocenters. The second kappa shape index (κ2) is 6.87. The lowest BCUT2D eigenvalue weighted by molar-refractivity contribution is -0.124. The summed E-state index contributed by atoms with van der Waals surface area (Å²) in [5.74, 6) is -0.214. The Morgan fingerprint density at radius 3 is 2.46 bits per heavy atom. The van der Waals surface area contributed by atoms with Crippen LogP contribution >= 0.6 is 0 Å². The van der Waals surface area contributed by atoms with Gasteiger partial charge in [0.25, 0.3) is 0 Å². The van der Waals surface area contributed by atoms with Gasteiger partial charge in [-0.2, -0.15) is 0 Å². The molecule has 1 heterocycles. The fourth-order valence-corrected chi connectivity index (χ4v) is 3.07. The van der Waals surface area contributed by atoms with E-state index in [9.17, 15) is 9.59 Å². The summed E-state index contributed by atoms with van der Waals surface area (Å²) in [5, 5.41) is 3.08.